The summed E-state index contributed by atoms with van der Waals surface area (Å²) in [6.07, 6.45) is 1.70. The monoisotopic (exact) mass is 265 g/mol. The molecule has 0 aromatic rings. The first-order valence-electron chi connectivity index (χ1n) is 5.47. The van der Waals surface area contributed by atoms with Crippen LogP contribution < -0.4 is 5.73 Å². The van der Waals surface area contributed by atoms with Crippen LogP contribution in [0.5, 0.6) is 0 Å². The number of sulfonamides is 1. The summed E-state index contributed by atoms with van der Waals surface area (Å²) in [6.45, 7) is 0.832. The van der Waals surface area contributed by atoms with Gasteiger partial charge in [-0.15, -0.1) is 0 Å². The molecule has 0 bridgehead atoms. The average Bonchev–Trinajstić information content (AvgIpc) is 2.77. The number of nitrogens with two attached hydrogens (primary N) is 1. The van der Waals surface area contributed by atoms with Crippen LogP contribution in [0.1, 0.15) is 19.3 Å². The summed E-state index contributed by atoms with van der Waals surface area (Å²) >= 11 is 0. The Kier molecular flexibility index (Phi) is 5.16. The van der Waals surface area contributed by atoms with E-state index in [9.17, 15) is 8.42 Å². The maximum Gasteiger partial charge on any atom is 0.216 e. The van der Waals surface area contributed by atoms with Crippen LogP contribution >= 0.6 is 0 Å². The smallest absolute Gasteiger partial charge is 0.216 e. The third kappa shape index (κ3) is 4.49. The molecule has 0 amide bonds. The lowest BCUT2D eigenvalue weighted by atomic mass is 10.3. The number of hydrogen-bond donors (Lipinski definition) is 2. The normalized spacial score (nSPS) is 22.2. The van der Waals surface area contributed by atoms with Crippen molar-refractivity contribution in [2.45, 2.75) is 25.4 Å². The zero-order chi connectivity index (χ0) is 12.9. The largest absolute Gasteiger partial charge is 0.409 e. The van der Waals surface area contributed by atoms with Gasteiger partial charge < -0.3 is 15.7 Å². The molecular weight excluding hydrogens is 246 g/mol. The summed E-state index contributed by atoms with van der Waals surface area (Å²) < 4.78 is 30.3. The van der Waals surface area contributed by atoms with Gasteiger partial charge in [0.15, 0.2) is 0 Å². The highest BCUT2D eigenvalue weighted by Gasteiger charge is 2.26. The third-order valence-corrected chi connectivity index (χ3v) is 4.63. The lowest BCUT2D eigenvalue weighted by Crippen LogP contribution is -2.35. The first-order chi connectivity index (χ1) is 7.95. The summed E-state index contributed by atoms with van der Waals surface area (Å²) in [5.41, 5.74) is 5.28. The van der Waals surface area contributed by atoms with Crippen LogP contribution in [0.4, 0.5) is 0 Å². The second-order valence-corrected chi connectivity index (χ2v) is 6.20. The van der Waals surface area contributed by atoms with Crippen LogP contribution in [0, 0.1) is 0 Å². The molecule has 0 aromatic heterocycles. The number of amidine groups is 1. The van der Waals surface area contributed by atoms with Gasteiger partial charge in [-0.1, -0.05) is 5.16 Å². The minimum atomic E-state index is -3.33. The zero-order valence-corrected chi connectivity index (χ0v) is 10.7. The van der Waals surface area contributed by atoms with Crippen LogP contribution in [0.15, 0.2) is 5.16 Å². The molecule has 8 heteroatoms. The van der Waals surface area contributed by atoms with Crippen molar-refractivity contribution in [3.63, 3.8) is 0 Å². The van der Waals surface area contributed by atoms with Crippen molar-refractivity contribution in [1.29, 1.82) is 0 Å². The summed E-state index contributed by atoms with van der Waals surface area (Å²) in [6, 6.07) is 0. The molecule has 17 heavy (non-hydrogen) atoms. The molecule has 1 aliphatic rings. The number of nitrogens with zero attached hydrogens (tertiary/aromatic N) is 2. The van der Waals surface area contributed by atoms with Gasteiger partial charge in [-0.25, -0.2) is 12.7 Å². The molecule has 0 aliphatic carbocycles. The van der Waals surface area contributed by atoms with Crippen molar-refractivity contribution in [2.24, 2.45) is 10.9 Å². The van der Waals surface area contributed by atoms with Crippen molar-refractivity contribution < 1.29 is 18.4 Å². The highest BCUT2D eigenvalue weighted by Crippen LogP contribution is 2.15. The third-order valence-electron chi connectivity index (χ3n) is 2.71. The molecule has 1 saturated heterocycles. The molecule has 1 unspecified atom stereocenters. The van der Waals surface area contributed by atoms with E-state index in [0.29, 0.717) is 6.61 Å². The first kappa shape index (κ1) is 14.2. The molecule has 1 fully saturated rings. The Bertz CT molecular complexity index is 362. The molecule has 0 radical (unpaired) electrons. The average molecular weight is 265 g/mol. The maximum absolute atomic E-state index is 11.9. The van der Waals surface area contributed by atoms with E-state index in [1.165, 1.54) is 11.4 Å². The van der Waals surface area contributed by atoms with E-state index in [4.69, 9.17) is 15.7 Å². The molecule has 1 heterocycles. The number of hydrogen-bond acceptors (Lipinski definition) is 5. The van der Waals surface area contributed by atoms with Gasteiger partial charge in [0.05, 0.1) is 11.9 Å². The lowest BCUT2D eigenvalue weighted by molar-refractivity contribution is 0.126. The molecule has 0 aromatic carbocycles. The summed E-state index contributed by atoms with van der Waals surface area (Å²) in [7, 11) is -1.85. The Morgan fingerprint density at radius 1 is 1.65 bits per heavy atom. The summed E-state index contributed by atoms with van der Waals surface area (Å²) in [5, 5.41) is 11.1. The van der Waals surface area contributed by atoms with Gasteiger partial charge in [0.2, 0.25) is 10.0 Å². The minimum Gasteiger partial charge on any atom is -0.409 e. The second kappa shape index (κ2) is 6.18. The van der Waals surface area contributed by atoms with Gasteiger partial charge in [0.1, 0.15) is 5.84 Å². The highest BCUT2D eigenvalue weighted by atomic mass is 32.2. The topological polar surface area (TPSA) is 105 Å². The van der Waals surface area contributed by atoms with Crippen molar-refractivity contribution in [2.75, 3.05) is 26.0 Å². The minimum absolute atomic E-state index is 0.000325. The first-order valence-corrected chi connectivity index (χ1v) is 7.08. The number of ether oxygens (including phenoxy) is 1. The van der Waals surface area contributed by atoms with E-state index in [2.05, 4.69) is 5.16 Å². The van der Waals surface area contributed by atoms with Crippen LogP contribution in [0.2, 0.25) is 0 Å². The summed E-state index contributed by atoms with van der Waals surface area (Å²) in [5.74, 6) is 0.0174. The molecule has 7 nitrogen and oxygen atoms in total. The zero-order valence-electron chi connectivity index (χ0n) is 9.87. The van der Waals surface area contributed by atoms with Crippen LogP contribution in [-0.4, -0.2) is 55.8 Å². The quantitative estimate of drug-likeness (QED) is 0.293. The van der Waals surface area contributed by atoms with Crippen molar-refractivity contribution in [3.05, 3.63) is 0 Å². The van der Waals surface area contributed by atoms with E-state index in [1.54, 1.807) is 0 Å². The van der Waals surface area contributed by atoms with Gasteiger partial charge in [-0.05, 0) is 12.8 Å². The standard InChI is InChI=1S/C9H19N3O4S/c1-12(5-4-9(10)11-13)17(14,15)7-8-3-2-6-16-8/h8,13H,2-7H2,1H3,(H2,10,11). The van der Waals surface area contributed by atoms with Gasteiger partial charge in [0, 0.05) is 26.6 Å². The summed E-state index contributed by atoms with van der Waals surface area (Å²) in [4.78, 5) is 0. The van der Waals surface area contributed by atoms with Crippen molar-refractivity contribution in [1.82, 2.24) is 4.31 Å². The Morgan fingerprint density at radius 3 is 2.88 bits per heavy atom. The SMILES string of the molecule is CN(CCC(N)=NO)S(=O)(=O)CC1CCCO1. The molecule has 1 aliphatic heterocycles. The number of oxime groups is 1. The van der Waals surface area contributed by atoms with Gasteiger partial charge >= 0.3 is 0 Å². The predicted molar refractivity (Wildman–Crippen MR) is 63.4 cm³/mol. The Morgan fingerprint density at radius 2 is 2.35 bits per heavy atom. The fourth-order valence-electron chi connectivity index (χ4n) is 1.60. The number of rotatable bonds is 6. The fraction of sp³-hybridized carbons (Fsp3) is 0.889. The maximum atomic E-state index is 11.9. The van der Waals surface area contributed by atoms with Crippen molar-refractivity contribution >= 4 is 15.9 Å². The van der Waals surface area contributed by atoms with Gasteiger partial charge in [0.25, 0.3) is 0 Å². The van der Waals surface area contributed by atoms with Gasteiger partial charge in [-0.3, -0.25) is 0 Å². The fourth-order valence-corrected chi connectivity index (χ4v) is 2.96. The van der Waals surface area contributed by atoms with Crippen molar-refractivity contribution in [3.8, 4) is 0 Å². The molecule has 0 saturated carbocycles. The molecule has 100 valence electrons. The molecular formula is C9H19N3O4S. The van der Waals surface area contributed by atoms with E-state index in [0.717, 1.165) is 12.8 Å². The van der Waals surface area contributed by atoms with Crippen LogP contribution in [-0.2, 0) is 14.8 Å². The lowest BCUT2D eigenvalue weighted by Gasteiger charge is -2.18. The van der Waals surface area contributed by atoms with Gasteiger partial charge in [-0.2, -0.15) is 0 Å². The van der Waals surface area contributed by atoms with Crippen LogP contribution in [0.3, 0.4) is 0 Å². The molecule has 0 spiro atoms. The highest BCUT2D eigenvalue weighted by molar-refractivity contribution is 7.89. The molecule has 3 N–H and O–H groups in total. The Hall–Kier alpha value is -0.860. The van der Waals surface area contributed by atoms with E-state index >= 15 is 0 Å². The van der Waals surface area contributed by atoms with Crippen LogP contribution in [0.25, 0.3) is 0 Å². The molecule has 1 atom stereocenters. The Balaban J connectivity index is 2.45. The predicted octanol–water partition coefficient (Wildman–Crippen LogP) is -0.436. The van der Waals surface area contributed by atoms with E-state index in [-0.39, 0.29) is 30.7 Å². The van der Waals surface area contributed by atoms with E-state index in [1.807, 2.05) is 0 Å². The Labute approximate surface area is 101 Å². The molecule has 1 rings (SSSR count). The second-order valence-electron chi connectivity index (χ2n) is 4.08. The van der Waals surface area contributed by atoms with E-state index < -0.39 is 10.0 Å².